The molecule has 98 valence electrons. The van der Waals surface area contributed by atoms with Crippen LogP contribution in [0, 0.1) is 5.82 Å². The Kier molecular flexibility index (Phi) is 3.71. The fourth-order valence-electron chi connectivity index (χ4n) is 1.74. The van der Waals surface area contributed by atoms with E-state index in [2.05, 4.69) is 0 Å². The number of benzene rings is 2. The number of anilines is 1. The van der Waals surface area contributed by atoms with E-state index in [1.54, 1.807) is 18.2 Å². The first-order valence-corrected chi connectivity index (χ1v) is 5.84. The molecule has 0 bridgehead atoms. The lowest BCUT2D eigenvalue weighted by molar-refractivity contribution is 0.103. The second-order valence-corrected chi connectivity index (χ2v) is 4.28. The monoisotopic (exact) mass is 279 g/mol. The third-order valence-electron chi connectivity index (χ3n) is 2.70. The van der Waals surface area contributed by atoms with Crippen molar-refractivity contribution in [3.8, 4) is 5.75 Å². The van der Waals surface area contributed by atoms with E-state index in [1.807, 2.05) is 0 Å². The third-order valence-corrected chi connectivity index (χ3v) is 3.03. The van der Waals surface area contributed by atoms with Crippen LogP contribution in [0.4, 0.5) is 10.1 Å². The first-order valence-electron chi connectivity index (χ1n) is 5.47. The van der Waals surface area contributed by atoms with Gasteiger partial charge in [-0.2, -0.15) is 0 Å². The van der Waals surface area contributed by atoms with E-state index in [1.165, 1.54) is 19.2 Å². The van der Waals surface area contributed by atoms with Gasteiger partial charge < -0.3 is 10.5 Å². The summed E-state index contributed by atoms with van der Waals surface area (Å²) < 4.78 is 18.2. The average Bonchev–Trinajstić information content (AvgIpc) is 2.41. The molecule has 0 fully saturated rings. The van der Waals surface area contributed by atoms with E-state index in [4.69, 9.17) is 22.1 Å². The van der Waals surface area contributed by atoms with E-state index in [0.717, 1.165) is 6.07 Å². The van der Waals surface area contributed by atoms with Crippen LogP contribution in [0.25, 0.3) is 0 Å². The van der Waals surface area contributed by atoms with Crippen LogP contribution >= 0.6 is 11.6 Å². The van der Waals surface area contributed by atoms with E-state index in [0.29, 0.717) is 5.75 Å². The molecule has 0 saturated heterocycles. The Morgan fingerprint density at radius 2 is 2.00 bits per heavy atom. The van der Waals surface area contributed by atoms with Gasteiger partial charge in [0.15, 0.2) is 5.78 Å². The molecule has 0 amide bonds. The van der Waals surface area contributed by atoms with Crippen LogP contribution in [0.1, 0.15) is 15.9 Å². The summed E-state index contributed by atoms with van der Waals surface area (Å²) in [5, 5.41) is 0.175. The van der Waals surface area contributed by atoms with Gasteiger partial charge in [0.25, 0.3) is 0 Å². The first-order chi connectivity index (χ1) is 9.04. The molecular formula is C14H11ClFNO2. The molecule has 0 spiro atoms. The number of halogens is 2. The van der Waals surface area contributed by atoms with Gasteiger partial charge >= 0.3 is 0 Å². The van der Waals surface area contributed by atoms with Crippen molar-refractivity contribution in [2.24, 2.45) is 0 Å². The summed E-state index contributed by atoms with van der Waals surface area (Å²) in [7, 11) is 1.45. The molecule has 2 N–H and O–H groups in total. The van der Waals surface area contributed by atoms with Crippen LogP contribution in [0.2, 0.25) is 5.02 Å². The average molecular weight is 280 g/mol. The van der Waals surface area contributed by atoms with Gasteiger partial charge in [-0.05, 0) is 30.3 Å². The van der Waals surface area contributed by atoms with E-state index in [-0.39, 0.29) is 21.8 Å². The summed E-state index contributed by atoms with van der Waals surface area (Å²) in [6, 6.07) is 8.43. The van der Waals surface area contributed by atoms with Crippen molar-refractivity contribution in [1.29, 1.82) is 0 Å². The molecule has 2 rings (SSSR count). The molecule has 0 aliphatic heterocycles. The smallest absolute Gasteiger partial charge is 0.196 e. The molecule has 3 nitrogen and oxygen atoms in total. The minimum atomic E-state index is -0.533. The Labute approximate surface area is 114 Å². The van der Waals surface area contributed by atoms with Gasteiger partial charge in [0, 0.05) is 11.1 Å². The van der Waals surface area contributed by atoms with Gasteiger partial charge in [-0.1, -0.05) is 17.7 Å². The molecular weight excluding hydrogens is 269 g/mol. The van der Waals surface area contributed by atoms with Gasteiger partial charge in [0.2, 0.25) is 0 Å². The lowest BCUT2D eigenvalue weighted by atomic mass is 10.0. The van der Waals surface area contributed by atoms with Crippen LogP contribution in [0.3, 0.4) is 0 Å². The topological polar surface area (TPSA) is 52.3 Å². The molecule has 0 saturated carbocycles. The molecule has 0 aliphatic carbocycles. The maximum absolute atomic E-state index is 13.2. The van der Waals surface area contributed by atoms with Crippen molar-refractivity contribution in [2.45, 2.75) is 0 Å². The molecule has 2 aromatic carbocycles. The number of para-hydroxylation sites is 1. The highest BCUT2D eigenvalue weighted by atomic mass is 35.5. The normalized spacial score (nSPS) is 10.3. The van der Waals surface area contributed by atoms with Crippen molar-refractivity contribution in [2.75, 3.05) is 12.8 Å². The molecule has 0 aromatic heterocycles. The van der Waals surface area contributed by atoms with E-state index in [9.17, 15) is 9.18 Å². The SMILES string of the molecule is COc1cccc(C(=O)c2cc(F)ccc2Cl)c1N. The van der Waals surface area contributed by atoms with Crippen molar-refractivity contribution < 1.29 is 13.9 Å². The van der Waals surface area contributed by atoms with E-state index >= 15 is 0 Å². The molecule has 0 atom stereocenters. The van der Waals surface area contributed by atoms with Gasteiger partial charge in [0.1, 0.15) is 11.6 Å². The highest BCUT2D eigenvalue weighted by Gasteiger charge is 2.18. The second-order valence-electron chi connectivity index (χ2n) is 3.87. The molecule has 2 aromatic rings. The number of nitrogens with two attached hydrogens (primary N) is 1. The van der Waals surface area contributed by atoms with Gasteiger partial charge in [-0.15, -0.1) is 0 Å². The summed E-state index contributed by atoms with van der Waals surface area (Å²) >= 11 is 5.91. The number of nitrogen functional groups attached to an aromatic ring is 1. The van der Waals surface area contributed by atoms with Crippen LogP contribution in [-0.2, 0) is 0 Å². The van der Waals surface area contributed by atoms with Gasteiger partial charge in [-0.25, -0.2) is 4.39 Å². The van der Waals surface area contributed by atoms with Crippen LogP contribution < -0.4 is 10.5 Å². The molecule has 19 heavy (non-hydrogen) atoms. The van der Waals surface area contributed by atoms with E-state index < -0.39 is 11.6 Å². The van der Waals surface area contributed by atoms with Gasteiger partial charge in [0.05, 0.1) is 17.8 Å². The zero-order valence-electron chi connectivity index (χ0n) is 10.1. The van der Waals surface area contributed by atoms with Crippen molar-refractivity contribution in [3.63, 3.8) is 0 Å². The number of carbonyl (C=O) groups is 1. The summed E-state index contributed by atoms with van der Waals surface area (Å²) in [4.78, 5) is 12.3. The number of hydrogen-bond acceptors (Lipinski definition) is 3. The predicted molar refractivity (Wildman–Crippen MR) is 72.2 cm³/mol. The van der Waals surface area contributed by atoms with Crippen molar-refractivity contribution in [3.05, 3.63) is 58.4 Å². The highest BCUT2D eigenvalue weighted by Crippen LogP contribution is 2.28. The lowest BCUT2D eigenvalue weighted by Crippen LogP contribution is -2.07. The first kappa shape index (κ1) is 13.4. The lowest BCUT2D eigenvalue weighted by Gasteiger charge is -2.10. The van der Waals surface area contributed by atoms with Crippen LogP contribution in [0.5, 0.6) is 5.75 Å². The number of ether oxygens (including phenoxy) is 1. The Balaban J connectivity index is 2.53. The number of hydrogen-bond donors (Lipinski definition) is 1. The Hall–Kier alpha value is -2.07. The Morgan fingerprint density at radius 1 is 1.26 bits per heavy atom. The zero-order chi connectivity index (χ0) is 14.0. The fraction of sp³-hybridized carbons (Fsp3) is 0.0714. The standard InChI is InChI=1S/C14H11ClFNO2/c1-19-12-4-2-3-9(13(12)17)14(18)10-7-8(16)5-6-11(10)15/h2-7H,17H2,1H3. The maximum atomic E-state index is 13.2. The second kappa shape index (κ2) is 5.28. The molecule has 0 radical (unpaired) electrons. The molecule has 0 aliphatic rings. The predicted octanol–water partition coefficient (Wildman–Crippen LogP) is 3.30. The molecule has 0 unspecified atom stereocenters. The quantitative estimate of drug-likeness (QED) is 0.693. The Bertz CT molecular complexity index is 643. The van der Waals surface area contributed by atoms with Gasteiger partial charge in [-0.3, -0.25) is 4.79 Å². The summed E-state index contributed by atoms with van der Waals surface area (Å²) in [6.45, 7) is 0. The minimum Gasteiger partial charge on any atom is -0.495 e. The largest absolute Gasteiger partial charge is 0.495 e. The fourth-order valence-corrected chi connectivity index (χ4v) is 1.94. The number of ketones is 1. The summed E-state index contributed by atoms with van der Waals surface area (Å²) in [5.74, 6) is -0.589. The number of methoxy groups -OCH3 is 1. The van der Waals surface area contributed by atoms with Crippen LogP contribution in [-0.4, -0.2) is 12.9 Å². The zero-order valence-corrected chi connectivity index (χ0v) is 10.9. The number of rotatable bonds is 3. The highest BCUT2D eigenvalue weighted by molar-refractivity contribution is 6.35. The van der Waals surface area contributed by atoms with Crippen molar-refractivity contribution in [1.82, 2.24) is 0 Å². The third kappa shape index (κ3) is 2.53. The Morgan fingerprint density at radius 3 is 2.68 bits per heavy atom. The molecule has 5 heteroatoms. The number of carbonyl (C=O) groups excluding carboxylic acids is 1. The summed E-state index contributed by atoms with van der Waals surface area (Å²) in [6.07, 6.45) is 0. The maximum Gasteiger partial charge on any atom is 0.196 e. The van der Waals surface area contributed by atoms with Crippen LogP contribution in [0.15, 0.2) is 36.4 Å². The summed E-state index contributed by atoms with van der Waals surface area (Å²) in [5.41, 5.74) is 6.34. The van der Waals surface area contributed by atoms with Crippen molar-refractivity contribution >= 4 is 23.1 Å². The molecule has 0 heterocycles. The minimum absolute atomic E-state index is 0.0709.